The van der Waals surface area contributed by atoms with Crippen LogP contribution in [-0.4, -0.2) is 124 Å². The third kappa shape index (κ3) is 18.2. The Kier molecular flexibility index (Phi) is 21.1. The Morgan fingerprint density at radius 2 is 1.35 bits per heavy atom. The molecule has 7 N–H and O–H groups in total. The number of aliphatic imine (C=N–C) groups is 1. The summed E-state index contributed by atoms with van der Waals surface area (Å²) in [6.07, 6.45) is 3.04. The standard InChI is InChI=1S/C36H55N7O11/c1-24(2)32(42-29(44)23-53-21-20-52-19-18-51-17-16-50-15-14-43-30(45)11-12-31(43)46)34(48)41-28(6-5-13-39-36(37)38)33(47)40-27-9-7-26(8-10-27)22-54-35(49)25(3)4/h7-12,24-25,28,32H,5-6,13-23H2,1-4H3,(H,40,47)(H,41,48)(H,42,44)(H4,37,38,39)/t28-,32-/m0/s1. The lowest BCUT2D eigenvalue weighted by Crippen LogP contribution is -2.55. The van der Waals surface area contributed by atoms with Crippen LogP contribution >= 0.6 is 0 Å². The first kappa shape index (κ1) is 45.2. The Morgan fingerprint density at radius 3 is 1.91 bits per heavy atom. The van der Waals surface area contributed by atoms with E-state index in [-0.39, 0.29) is 94.7 Å². The highest BCUT2D eigenvalue weighted by atomic mass is 16.6. The van der Waals surface area contributed by atoms with E-state index in [2.05, 4.69) is 20.9 Å². The molecule has 1 aromatic carbocycles. The predicted octanol–water partition coefficient (Wildman–Crippen LogP) is -0.00510. The quantitative estimate of drug-likeness (QED) is 0.0261. The van der Waals surface area contributed by atoms with Gasteiger partial charge < -0.3 is 51.1 Å². The number of esters is 1. The third-order valence-electron chi connectivity index (χ3n) is 7.63. The molecule has 0 saturated carbocycles. The molecule has 0 fully saturated rings. The highest BCUT2D eigenvalue weighted by Gasteiger charge is 2.29. The monoisotopic (exact) mass is 761 g/mol. The van der Waals surface area contributed by atoms with Crippen LogP contribution in [0.25, 0.3) is 0 Å². The molecule has 1 aromatic rings. The summed E-state index contributed by atoms with van der Waals surface area (Å²) in [7, 11) is 0. The molecule has 5 amide bonds. The van der Waals surface area contributed by atoms with Gasteiger partial charge >= 0.3 is 5.97 Å². The van der Waals surface area contributed by atoms with E-state index in [1.165, 1.54) is 12.2 Å². The molecular formula is C36H55N7O11. The number of hydrogen-bond donors (Lipinski definition) is 5. The van der Waals surface area contributed by atoms with Crippen LogP contribution in [0.5, 0.6) is 0 Å². The van der Waals surface area contributed by atoms with Gasteiger partial charge in [0.2, 0.25) is 17.7 Å². The molecule has 1 heterocycles. The van der Waals surface area contributed by atoms with Crippen molar-refractivity contribution in [3.63, 3.8) is 0 Å². The normalized spacial score (nSPS) is 13.6. The van der Waals surface area contributed by atoms with Crippen molar-refractivity contribution in [2.45, 2.75) is 59.2 Å². The second kappa shape index (κ2) is 25.2. The molecule has 0 spiro atoms. The maximum atomic E-state index is 13.4. The largest absolute Gasteiger partial charge is 0.461 e. The molecule has 18 nitrogen and oxygen atoms in total. The Morgan fingerprint density at radius 1 is 0.778 bits per heavy atom. The van der Waals surface area contributed by atoms with Gasteiger partial charge in [-0.15, -0.1) is 0 Å². The Hall–Kier alpha value is -4.91. The summed E-state index contributed by atoms with van der Waals surface area (Å²) in [4.78, 5) is 79.1. The minimum absolute atomic E-state index is 0.0912. The zero-order valence-corrected chi connectivity index (χ0v) is 31.5. The van der Waals surface area contributed by atoms with Gasteiger partial charge in [-0.1, -0.05) is 39.8 Å². The van der Waals surface area contributed by atoms with Gasteiger partial charge in [0.1, 0.15) is 25.3 Å². The van der Waals surface area contributed by atoms with E-state index in [1.807, 2.05) is 0 Å². The molecule has 54 heavy (non-hydrogen) atoms. The number of ether oxygens (including phenoxy) is 5. The van der Waals surface area contributed by atoms with Crippen molar-refractivity contribution < 1.29 is 52.5 Å². The maximum absolute atomic E-state index is 13.4. The van der Waals surface area contributed by atoms with Crippen LogP contribution < -0.4 is 27.4 Å². The van der Waals surface area contributed by atoms with E-state index in [0.29, 0.717) is 31.9 Å². The van der Waals surface area contributed by atoms with Gasteiger partial charge in [0.25, 0.3) is 11.8 Å². The van der Waals surface area contributed by atoms with Gasteiger partial charge in [0.15, 0.2) is 5.96 Å². The fourth-order valence-corrected chi connectivity index (χ4v) is 4.65. The number of nitrogens with two attached hydrogens (primary N) is 2. The maximum Gasteiger partial charge on any atom is 0.308 e. The summed E-state index contributed by atoms with van der Waals surface area (Å²) >= 11 is 0. The van der Waals surface area contributed by atoms with E-state index in [9.17, 15) is 28.8 Å². The van der Waals surface area contributed by atoms with E-state index in [0.717, 1.165) is 10.5 Å². The van der Waals surface area contributed by atoms with Crippen LogP contribution in [0.4, 0.5) is 5.69 Å². The third-order valence-corrected chi connectivity index (χ3v) is 7.63. The van der Waals surface area contributed by atoms with E-state index in [4.69, 9.17) is 35.2 Å². The number of guanidine groups is 1. The van der Waals surface area contributed by atoms with Crippen LogP contribution in [0.3, 0.4) is 0 Å². The Labute approximate surface area is 315 Å². The molecule has 2 atom stereocenters. The summed E-state index contributed by atoms with van der Waals surface area (Å²) in [5.41, 5.74) is 12.0. The Bertz CT molecular complexity index is 1410. The van der Waals surface area contributed by atoms with Crippen LogP contribution in [-0.2, 0) is 59.1 Å². The van der Waals surface area contributed by atoms with E-state index >= 15 is 0 Å². The van der Waals surface area contributed by atoms with E-state index in [1.54, 1.807) is 52.0 Å². The number of nitrogens with one attached hydrogen (secondary N) is 3. The van der Waals surface area contributed by atoms with Gasteiger partial charge in [-0.2, -0.15) is 0 Å². The van der Waals surface area contributed by atoms with Crippen molar-refractivity contribution in [2.24, 2.45) is 28.3 Å². The number of carbonyl (C=O) groups excluding carboxylic acids is 6. The second-order valence-electron chi connectivity index (χ2n) is 12.8. The minimum Gasteiger partial charge on any atom is -0.461 e. The average molecular weight is 762 g/mol. The van der Waals surface area contributed by atoms with Gasteiger partial charge in [-0.25, -0.2) is 0 Å². The van der Waals surface area contributed by atoms with Gasteiger partial charge in [-0.3, -0.25) is 38.7 Å². The average Bonchev–Trinajstić information content (AvgIpc) is 3.45. The number of imide groups is 1. The second-order valence-corrected chi connectivity index (χ2v) is 12.8. The molecule has 0 saturated heterocycles. The fourth-order valence-electron chi connectivity index (χ4n) is 4.65. The summed E-state index contributed by atoms with van der Waals surface area (Å²) in [5.74, 6) is -3.22. The summed E-state index contributed by atoms with van der Waals surface area (Å²) < 4.78 is 26.8. The minimum atomic E-state index is -0.974. The predicted molar refractivity (Wildman–Crippen MR) is 197 cm³/mol. The number of nitrogens with zero attached hydrogens (tertiary/aromatic N) is 2. The molecule has 0 aromatic heterocycles. The lowest BCUT2D eigenvalue weighted by atomic mass is 10.0. The van der Waals surface area contributed by atoms with Gasteiger partial charge in [-0.05, 0) is 36.5 Å². The smallest absolute Gasteiger partial charge is 0.308 e. The number of amides is 5. The van der Waals surface area contributed by atoms with Crippen LogP contribution in [0.15, 0.2) is 41.4 Å². The SMILES string of the molecule is CC(C)C(=O)OCc1ccc(NC(=O)[C@H](CCCN=C(N)N)NC(=O)[C@@H](NC(=O)COCCOCCOCCOCCN2C(=O)C=CC2=O)C(C)C)cc1. The first-order valence-electron chi connectivity index (χ1n) is 17.8. The molecular weight excluding hydrogens is 706 g/mol. The first-order chi connectivity index (χ1) is 25.8. The lowest BCUT2D eigenvalue weighted by Gasteiger charge is -2.25. The fraction of sp³-hybridized carbons (Fsp3) is 0.583. The highest BCUT2D eigenvalue weighted by Crippen LogP contribution is 2.13. The number of hydrogen-bond acceptors (Lipinski definition) is 12. The summed E-state index contributed by atoms with van der Waals surface area (Å²) in [6, 6.07) is 4.83. The lowest BCUT2D eigenvalue weighted by molar-refractivity contribution is -0.148. The number of anilines is 1. The molecule has 2 rings (SSSR count). The molecule has 0 radical (unpaired) electrons. The van der Waals surface area contributed by atoms with E-state index < -0.39 is 29.8 Å². The van der Waals surface area contributed by atoms with Crippen molar-refractivity contribution in [2.75, 3.05) is 71.3 Å². The molecule has 18 heteroatoms. The summed E-state index contributed by atoms with van der Waals surface area (Å²) in [6.45, 7) is 8.95. The molecule has 0 unspecified atom stereocenters. The molecule has 0 aliphatic carbocycles. The van der Waals surface area contributed by atoms with Crippen molar-refractivity contribution >= 4 is 47.2 Å². The van der Waals surface area contributed by atoms with Crippen LogP contribution in [0.2, 0.25) is 0 Å². The van der Waals surface area contributed by atoms with Crippen molar-refractivity contribution in [1.29, 1.82) is 0 Å². The van der Waals surface area contributed by atoms with Crippen molar-refractivity contribution in [3.05, 3.63) is 42.0 Å². The molecule has 1 aliphatic heterocycles. The van der Waals surface area contributed by atoms with Gasteiger partial charge in [0, 0.05) is 24.4 Å². The van der Waals surface area contributed by atoms with Crippen LogP contribution in [0.1, 0.15) is 46.1 Å². The topological polar surface area (TPSA) is 252 Å². The Balaban J connectivity index is 1.73. The molecule has 300 valence electrons. The van der Waals surface area contributed by atoms with Gasteiger partial charge in [0.05, 0.1) is 58.7 Å². The highest BCUT2D eigenvalue weighted by molar-refractivity contribution is 6.12. The van der Waals surface area contributed by atoms with Crippen LogP contribution in [0, 0.1) is 11.8 Å². The number of carbonyl (C=O) groups is 6. The van der Waals surface area contributed by atoms with Crippen molar-refractivity contribution in [1.82, 2.24) is 15.5 Å². The summed E-state index contributed by atoms with van der Waals surface area (Å²) in [5, 5.41) is 8.22. The molecule has 1 aliphatic rings. The molecule has 0 bridgehead atoms. The number of rotatable bonds is 27. The number of benzene rings is 1. The zero-order chi connectivity index (χ0) is 39.9. The zero-order valence-electron chi connectivity index (χ0n) is 31.5. The first-order valence-corrected chi connectivity index (χ1v) is 17.8. The van der Waals surface area contributed by atoms with Crippen molar-refractivity contribution in [3.8, 4) is 0 Å².